The predicted molar refractivity (Wildman–Crippen MR) is 56.9 cm³/mol. The summed E-state index contributed by atoms with van der Waals surface area (Å²) < 4.78 is 0. The average molecular weight is 185 g/mol. The van der Waals surface area contributed by atoms with Gasteiger partial charge in [0.25, 0.3) is 0 Å². The van der Waals surface area contributed by atoms with Crippen molar-refractivity contribution in [1.82, 2.24) is 0 Å². The third-order valence-corrected chi connectivity index (χ3v) is 2.69. The first-order valence-corrected chi connectivity index (χ1v) is 7.75. The second kappa shape index (κ2) is 5.67. The van der Waals surface area contributed by atoms with E-state index >= 15 is 0 Å². The van der Waals surface area contributed by atoms with Gasteiger partial charge in [0.2, 0.25) is 0 Å². The van der Waals surface area contributed by atoms with Crippen LogP contribution in [0.4, 0.5) is 0 Å². The Balaban J connectivity index is 0.00000144. The molecule has 0 unspecified atom stereocenters. The SMILES string of the molecule is C[Si](C)(C)[N-]Cc1ccccc1.[Li+]. The molecule has 3 heteroatoms. The van der Waals surface area contributed by atoms with Gasteiger partial charge in [-0.15, -0.1) is 6.54 Å². The van der Waals surface area contributed by atoms with Crippen LogP contribution >= 0.6 is 0 Å². The number of hydrogen-bond donors (Lipinski definition) is 0. The molecule has 1 rings (SSSR count). The molecule has 0 N–H and O–H groups in total. The number of benzene rings is 1. The van der Waals surface area contributed by atoms with E-state index in [1.807, 2.05) is 6.07 Å². The Bertz CT molecular complexity index is 230. The minimum Gasteiger partial charge on any atom is -0.661 e. The Morgan fingerprint density at radius 3 is 2.08 bits per heavy atom. The molecule has 13 heavy (non-hydrogen) atoms. The van der Waals surface area contributed by atoms with Crippen LogP contribution in [0.1, 0.15) is 5.56 Å². The predicted octanol–water partition coefficient (Wildman–Crippen LogP) is 0.399. The van der Waals surface area contributed by atoms with Gasteiger partial charge in [0.1, 0.15) is 0 Å². The first-order chi connectivity index (χ1) is 5.58. The fourth-order valence-corrected chi connectivity index (χ4v) is 1.57. The van der Waals surface area contributed by atoms with Gasteiger partial charge < -0.3 is 4.98 Å². The van der Waals surface area contributed by atoms with Gasteiger partial charge in [-0.05, 0) is 0 Å². The first-order valence-electron chi connectivity index (χ1n) is 4.30. The Hall–Kier alpha value is -0.00571. The molecule has 0 aliphatic rings. The molecule has 1 aromatic rings. The summed E-state index contributed by atoms with van der Waals surface area (Å²) in [5.41, 5.74) is 1.32. The monoisotopic (exact) mass is 185 g/mol. The molecular formula is C10H16LiNSi. The van der Waals surface area contributed by atoms with Gasteiger partial charge in [-0.25, -0.2) is 0 Å². The molecule has 0 aromatic heterocycles. The normalized spacial score (nSPS) is 10.7. The van der Waals surface area contributed by atoms with Crippen molar-refractivity contribution in [3.63, 3.8) is 0 Å². The van der Waals surface area contributed by atoms with Gasteiger partial charge in [-0.1, -0.05) is 63.8 Å². The quantitative estimate of drug-likeness (QED) is 0.605. The molecule has 0 fully saturated rings. The maximum atomic E-state index is 4.67. The molecule has 0 aliphatic carbocycles. The van der Waals surface area contributed by atoms with E-state index in [0.717, 1.165) is 6.54 Å². The van der Waals surface area contributed by atoms with E-state index in [4.69, 9.17) is 0 Å². The van der Waals surface area contributed by atoms with Crippen LogP contribution in [0.5, 0.6) is 0 Å². The van der Waals surface area contributed by atoms with E-state index in [-0.39, 0.29) is 18.9 Å². The average Bonchev–Trinajstić information content (AvgIpc) is 2.02. The zero-order valence-electron chi connectivity index (χ0n) is 9.04. The Kier molecular flexibility index (Phi) is 5.66. The zero-order valence-corrected chi connectivity index (χ0v) is 10.0. The van der Waals surface area contributed by atoms with Crippen LogP contribution in [0.2, 0.25) is 19.6 Å². The Morgan fingerprint density at radius 2 is 1.62 bits per heavy atom. The molecule has 0 saturated heterocycles. The van der Waals surface area contributed by atoms with Gasteiger partial charge >= 0.3 is 18.9 Å². The third-order valence-electron chi connectivity index (χ3n) is 1.58. The zero-order chi connectivity index (χ0) is 9.03. The maximum Gasteiger partial charge on any atom is 1.00 e. The minimum atomic E-state index is -1.22. The number of rotatable bonds is 3. The molecule has 1 aromatic carbocycles. The second-order valence-corrected chi connectivity index (χ2v) is 8.63. The van der Waals surface area contributed by atoms with Crippen LogP contribution in [0.15, 0.2) is 30.3 Å². The van der Waals surface area contributed by atoms with E-state index in [2.05, 4.69) is 48.9 Å². The van der Waals surface area contributed by atoms with Crippen molar-refractivity contribution in [2.24, 2.45) is 0 Å². The standard InChI is InChI=1S/C10H16NSi.Li/c1-12(2,3)11-9-10-7-5-4-6-8-10;/h4-8H,9H2,1-3H3;/q-1;+1. The van der Waals surface area contributed by atoms with Crippen molar-refractivity contribution in [3.05, 3.63) is 40.9 Å². The molecule has 0 saturated carbocycles. The van der Waals surface area contributed by atoms with Crippen LogP contribution in [0.25, 0.3) is 4.98 Å². The second-order valence-electron chi connectivity index (χ2n) is 3.97. The van der Waals surface area contributed by atoms with Crippen LogP contribution in [-0.2, 0) is 6.54 Å². The maximum absolute atomic E-state index is 4.67. The van der Waals surface area contributed by atoms with Crippen LogP contribution in [0, 0.1) is 0 Å². The molecule has 66 valence electrons. The summed E-state index contributed by atoms with van der Waals surface area (Å²) in [7, 11) is -1.22. The van der Waals surface area contributed by atoms with Gasteiger partial charge in [0.05, 0.1) is 0 Å². The van der Waals surface area contributed by atoms with Crippen molar-refractivity contribution in [3.8, 4) is 0 Å². The fraction of sp³-hybridized carbons (Fsp3) is 0.400. The van der Waals surface area contributed by atoms with E-state index in [1.54, 1.807) is 0 Å². The van der Waals surface area contributed by atoms with E-state index < -0.39 is 8.24 Å². The summed E-state index contributed by atoms with van der Waals surface area (Å²) in [6.45, 7) is 7.67. The van der Waals surface area contributed by atoms with Crippen molar-refractivity contribution >= 4 is 8.24 Å². The summed E-state index contributed by atoms with van der Waals surface area (Å²) >= 11 is 0. The Morgan fingerprint density at radius 1 is 1.08 bits per heavy atom. The number of hydrogen-bond acceptors (Lipinski definition) is 0. The van der Waals surface area contributed by atoms with Gasteiger partial charge in [-0.2, -0.15) is 0 Å². The van der Waals surface area contributed by atoms with Crippen LogP contribution in [-0.4, -0.2) is 8.24 Å². The van der Waals surface area contributed by atoms with Crippen molar-refractivity contribution in [1.29, 1.82) is 0 Å². The molecule has 0 amide bonds. The van der Waals surface area contributed by atoms with Crippen molar-refractivity contribution in [2.45, 2.75) is 26.2 Å². The summed E-state index contributed by atoms with van der Waals surface area (Å²) in [4.78, 5) is 4.67. The fourth-order valence-electron chi connectivity index (χ4n) is 0.912. The van der Waals surface area contributed by atoms with E-state index in [1.165, 1.54) is 5.56 Å². The van der Waals surface area contributed by atoms with Crippen molar-refractivity contribution in [2.75, 3.05) is 0 Å². The molecular weight excluding hydrogens is 169 g/mol. The van der Waals surface area contributed by atoms with Crippen LogP contribution in [0.3, 0.4) is 0 Å². The molecule has 0 atom stereocenters. The summed E-state index contributed by atoms with van der Waals surface area (Å²) in [6.07, 6.45) is 0. The van der Waals surface area contributed by atoms with Crippen molar-refractivity contribution < 1.29 is 18.9 Å². The first kappa shape index (κ1) is 13.0. The molecule has 0 radical (unpaired) electrons. The molecule has 0 bridgehead atoms. The third kappa shape index (κ3) is 6.12. The molecule has 1 nitrogen and oxygen atoms in total. The number of nitrogens with zero attached hydrogens (tertiary/aromatic N) is 1. The smallest absolute Gasteiger partial charge is 0.661 e. The van der Waals surface area contributed by atoms with E-state index in [0.29, 0.717) is 0 Å². The molecule has 0 heterocycles. The van der Waals surface area contributed by atoms with Crippen LogP contribution < -0.4 is 18.9 Å². The van der Waals surface area contributed by atoms with Gasteiger partial charge in [-0.3, -0.25) is 0 Å². The summed E-state index contributed by atoms with van der Waals surface area (Å²) in [6, 6.07) is 10.4. The largest absolute Gasteiger partial charge is 1.00 e. The molecule has 0 spiro atoms. The molecule has 0 aliphatic heterocycles. The topological polar surface area (TPSA) is 14.1 Å². The van der Waals surface area contributed by atoms with Gasteiger partial charge in [0, 0.05) is 0 Å². The summed E-state index contributed by atoms with van der Waals surface area (Å²) in [5, 5.41) is 0. The summed E-state index contributed by atoms with van der Waals surface area (Å²) in [5.74, 6) is 0. The Labute approximate surface area is 94.2 Å². The van der Waals surface area contributed by atoms with Gasteiger partial charge in [0.15, 0.2) is 0 Å². The minimum absolute atomic E-state index is 0. The van der Waals surface area contributed by atoms with E-state index in [9.17, 15) is 0 Å².